The second-order valence-corrected chi connectivity index (χ2v) is 6.36. The Balaban J connectivity index is 3.31. The number of hydrogen-bond donors (Lipinski definition) is 2. The summed E-state index contributed by atoms with van der Waals surface area (Å²) < 4.78 is 26.2. The Kier molecular flexibility index (Phi) is 4.89. The van der Waals surface area contributed by atoms with Gasteiger partial charge in [-0.3, -0.25) is 0 Å². The first-order chi connectivity index (χ1) is 8.29. The number of hydrogen-bond acceptors (Lipinski definition) is 3. The first-order valence-electron chi connectivity index (χ1n) is 5.19. The quantitative estimate of drug-likeness (QED) is 0.802. The lowest BCUT2D eigenvalue weighted by atomic mass is 10.0. The summed E-state index contributed by atoms with van der Waals surface area (Å²) in [7, 11) is -3.66. The van der Waals surface area contributed by atoms with Gasteiger partial charge in [0.15, 0.2) is 0 Å². The highest BCUT2D eigenvalue weighted by Gasteiger charge is 2.18. The van der Waals surface area contributed by atoms with Crippen molar-refractivity contribution in [3.63, 3.8) is 0 Å². The predicted molar refractivity (Wildman–Crippen MR) is 71.9 cm³/mol. The molecule has 0 aliphatic carbocycles. The zero-order valence-electron chi connectivity index (χ0n) is 10.0. The predicted octanol–water partition coefficient (Wildman–Crippen LogP) is 1.67. The third-order valence-electron chi connectivity index (χ3n) is 2.57. The van der Waals surface area contributed by atoms with Crippen LogP contribution in [0.4, 0.5) is 0 Å². The molecule has 1 aromatic rings. The standard InChI is InChI=1S/C11H14BrNO4S/c1-7-5-9(18(16,17)13-4-3-12)6-10(8(7)2)11(14)15/h5-6,13H,3-4H2,1-2H3,(H,14,15). The van der Waals surface area contributed by atoms with Gasteiger partial charge in [-0.05, 0) is 37.1 Å². The number of carboxylic acid groups (broad SMARTS) is 1. The van der Waals surface area contributed by atoms with Crippen LogP contribution in [0, 0.1) is 13.8 Å². The molecule has 0 spiro atoms. The molecular weight excluding hydrogens is 322 g/mol. The normalized spacial score (nSPS) is 11.5. The molecule has 0 saturated carbocycles. The maximum atomic E-state index is 11.9. The zero-order chi connectivity index (χ0) is 13.9. The van der Waals surface area contributed by atoms with Crippen molar-refractivity contribution in [2.24, 2.45) is 0 Å². The second-order valence-electron chi connectivity index (χ2n) is 3.80. The van der Waals surface area contributed by atoms with Crippen molar-refractivity contribution in [2.75, 3.05) is 11.9 Å². The van der Waals surface area contributed by atoms with Gasteiger partial charge in [0.05, 0.1) is 10.5 Å². The van der Waals surface area contributed by atoms with E-state index >= 15 is 0 Å². The van der Waals surface area contributed by atoms with Gasteiger partial charge in [-0.1, -0.05) is 15.9 Å². The SMILES string of the molecule is Cc1cc(S(=O)(=O)NCCBr)cc(C(=O)O)c1C. The highest BCUT2D eigenvalue weighted by molar-refractivity contribution is 9.09. The maximum absolute atomic E-state index is 11.9. The molecule has 1 aromatic carbocycles. The third kappa shape index (κ3) is 3.30. The van der Waals surface area contributed by atoms with E-state index in [-0.39, 0.29) is 17.0 Å². The fourth-order valence-corrected chi connectivity index (χ4v) is 3.06. The van der Waals surface area contributed by atoms with E-state index in [0.29, 0.717) is 16.5 Å². The number of sulfonamides is 1. The van der Waals surface area contributed by atoms with E-state index in [1.807, 2.05) is 0 Å². The average molecular weight is 336 g/mol. The van der Waals surface area contributed by atoms with Crippen LogP contribution in [0.15, 0.2) is 17.0 Å². The minimum atomic E-state index is -3.66. The van der Waals surface area contributed by atoms with Crippen LogP contribution in [-0.4, -0.2) is 31.4 Å². The molecule has 2 N–H and O–H groups in total. The highest BCUT2D eigenvalue weighted by Crippen LogP contribution is 2.19. The number of alkyl halides is 1. The van der Waals surface area contributed by atoms with Crippen LogP contribution in [0.1, 0.15) is 21.5 Å². The molecule has 0 saturated heterocycles. The Labute approximate surface area is 114 Å². The Morgan fingerprint density at radius 1 is 1.39 bits per heavy atom. The number of nitrogens with one attached hydrogen (secondary N) is 1. The molecule has 7 heteroatoms. The lowest BCUT2D eigenvalue weighted by molar-refractivity contribution is 0.0695. The zero-order valence-corrected chi connectivity index (χ0v) is 12.4. The molecule has 0 radical (unpaired) electrons. The monoisotopic (exact) mass is 335 g/mol. The molecule has 1 rings (SSSR count). The summed E-state index contributed by atoms with van der Waals surface area (Å²) in [6.07, 6.45) is 0. The van der Waals surface area contributed by atoms with E-state index in [1.54, 1.807) is 13.8 Å². The Bertz CT molecular complexity index is 569. The Morgan fingerprint density at radius 2 is 2.00 bits per heavy atom. The minimum absolute atomic E-state index is 0.00853. The van der Waals surface area contributed by atoms with Gasteiger partial charge in [0.25, 0.3) is 0 Å². The summed E-state index contributed by atoms with van der Waals surface area (Å²) in [4.78, 5) is 11.0. The number of carboxylic acids is 1. The number of carbonyl (C=O) groups is 1. The van der Waals surface area contributed by atoms with Crippen LogP contribution in [0.2, 0.25) is 0 Å². The van der Waals surface area contributed by atoms with Crippen LogP contribution in [0.3, 0.4) is 0 Å². The Hall–Kier alpha value is -0.920. The molecule has 0 aliphatic rings. The number of benzene rings is 1. The molecular formula is C11H14BrNO4S. The second kappa shape index (κ2) is 5.81. The van der Waals surface area contributed by atoms with Gasteiger partial charge in [-0.25, -0.2) is 17.9 Å². The Morgan fingerprint density at radius 3 is 2.50 bits per heavy atom. The van der Waals surface area contributed by atoms with E-state index in [4.69, 9.17) is 5.11 Å². The average Bonchev–Trinajstić information content (AvgIpc) is 2.29. The molecule has 0 unspecified atom stereocenters. The summed E-state index contributed by atoms with van der Waals surface area (Å²) in [5.74, 6) is -1.13. The number of rotatable bonds is 5. The van der Waals surface area contributed by atoms with Crippen LogP contribution in [-0.2, 0) is 10.0 Å². The molecule has 0 aliphatic heterocycles. The van der Waals surface area contributed by atoms with Gasteiger partial charge in [0.1, 0.15) is 0 Å². The molecule has 0 amide bonds. The van der Waals surface area contributed by atoms with E-state index in [2.05, 4.69) is 20.7 Å². The lowest BCUT2D eigenvalue weighted by Gasteiger charge is -2.10. The first-order valence-corrected chi connectivity index (χ1v) is 7.80. The van der Waals surface area contributed by atoms with Crippen LogP contribution >= 0.6 is 15.9 Å². The van der Waals surface area contributed by atoms with Crippen molar-refractivity contribution in [1.29, 1.82) is 0 Å². The number of aromatic carboxylic acids is 1. The third-order valence-corrected chi connectivity index (χ3v) is 4.41. The molecule has 0 atom stereocenters. The summed E-state index contributed by atoms with van der Waals surface area (Å²) in [5.41, 5.74) is 1.21. The van der Waals surface area contributed by atoms with Gasteiger partial charge in [-0.15, -0.1) is 0 Å². The maximum Gasteiger partial charge on any atom is 0.336 e. The summed E-state index contributed by atoms with van der Waals surface area (Å²) in [5, 5.41) is 9.52. The summed E-state index contributed by atoms with van der Waals surface area (Å²) in [6, 6.07) is 2.65. The smallest absolute Gasteiger partial charge is 0.336 e. The fraction of sp³-hybridized carbons (Fsp3) is 0.364. The molecule has 5 nitrogen and oxygen atoms in total. The molecule has 100 valence electrons. The van der Waals surface area contributed by atoms with Gasteiger partial charge in [0, 0.05) is 11.9 Å². The van der Waals surface area contributed by atoms with Crippen LogP contribution in [0.25, 0.3) is 0 Å². The van der Waals surface area contributed by atoms with Crippen molar-refractivity contribution >= 4 is 31.9 Å². The van der Waals surface area contributed by atoms with Crippen LogP contribution < -0.4 is 4.72 Å². The van der Waals surface area contributed by atoms with Gasteiger partial charge in [0.2, 0.25) is 10.0 Å². The van der Waals surface area contributed by atoms with E-state index in [9.17, 15) is 13.2 Å². The molecule has 0 heterocycles. The van der Waals surface area contributed by atoms with Crippen molar-refractivity contribution in [2.45, 2.75) is 18.7 Å². The van der Waals surface area contributed by atoms with Crippen molar-refractivity contribution in [3.05, 3.63) is 28.8 Å². The van der Waals surface area contributed by atoms with Gasteiger partial charge < -0.3 is 5.11 Å². The summed E-state index contributed by atoms with van der Waals surface area (Å²) >= 11 is 3.12. The van der Waals surface area contributed by atoms with E-state index < -0.39 is 16.0 Å². The lowest BCUT2D eigenvalue weighted by Crippen LogP contribution is -2.26. The van der Waals surface area contributed by atoms with Crippen LogP contribution in [0.5, 0.6) is 0 Å². The fourth-order valence-electron chi connectivity index (χ4n) is 1.46. The molecule has 0 bridgehead atoms. The minimum Gasteiger partial charge on any atom is -0.478 e. The topological polar surface area (TPSA) is 83.5 Å². The molecule has 0 fully saturated rings. The van der Waals surface area contributed by atoms with Crippen molar-refractivity contribution < 1.29 is 18.3 Å². The highest BCUT2D eigenvalue weighted by atomic mass is 79.9. The van der Waals surface area contributed by atoms with E-state index in [1.165, 1.54) is 12.1 Å². The summed E-state index contributed by atoms with van der Waals surface area (Å²) in [6.45, 7) is 3.59. The van der Waals surface area contributed by atoms with E-state index in [0.717, 1.165) is 0 Å². The van der Waals surface area contributed by atoms with Gasteiger partial charge >= 0.3 is 5.97 Å². The molecule has 0 aromatic heterocycles. The number of aryl methyl sites for hydroxylation is 1. The molecule has 18 heavy (non-hydrogen) atoms. The van der Waals surface area contributed by atoms with Gasteiger partial charge in [-0.2, -0.15) is 0 Å². The van der Waals surface area contributed by atoms with Crippen molar-refractivity contribution in [1.82, 2.24) is 4.72 Å². The number of halogens is 1. The largest absolute Gasteiger partial charge is 0.478 e. The van der Waals surface area contributed by atoms with Crippen molar-refractivity contribution in [3.8, 4) is 0 Å². The first kappa shape index (κ1) is 15.1.